The number of nitrogens with zero attached hydrogens (tertiary/aromatic N) is 2. The molecule has 2 heterocycles. The average Bonchev–Trinajstić information content (AvgIpc) is 3.05. The molecule has 1 aromatic heterocycles. The van der Waals surface area contributed by atoms with Gasteiger partial charge in [0.25, 0.3) is 0 Å². The number of rotatable bonds is 7. The smallest absolute Gasteiger partial charge is 0.409 e. The molecule has 0 saturated carbocycles. The first-order chi connectivity index (χ1) is 12.3. The van der Waals surface area contributed by atoms with Gasteiger partial charge in [-0.05, 0) is 51.3 Å². The highest BCUT2D eigenvalue weighted by atomic mass is 16.6. The van der Waals surface area contributed by atoms with Gasteiger partial charge in [-0.3, -0.25) is 0 Å². The fourth-order valence-corrected chi connectivity index (χ4v) is 3.33. The number of likely N-dealkylation sites (tertiary alicyclic amines) is 1. The minimum Gasteiger partial charge on any atom is -0.450 e. The van der Waals surface area contributed by atoms with Crippen LogP contribution in [0, 0.1) is 0 Å². The highest BCUT2D eigenvalue weighted by Gasteiger charge is 2.22. The Kier molecular flexibility index (Phi) is 6.28. The lowest BCUT2D eigenvalue weighted by Crippen LogP contribution is -2.45. The Morgan fingerprint density at radius 3 is 2.88 bits per heavy atom. The number of hydrogen-bond acceptors (Lipinski definition) is 4. The van der Waals surface area contributed by atoms with Crippen molar-refractivity contribution >= 4 is 17.1 Å². The summed E-state index contributed by atoms with van der Waals surface area (Å²) in [5.74, 6) is 1.07. The first-order valence-electron chi connectivity index (χ1n) is 9.35. The van der Waals surface area contributed by atoms with Crippen LogP contribution in [0.1, 0.15) is 38.4 Å². The molecule has 2 N–H and O–H groups in total. The third-order valence-electron chi connectivity index (χ3n) is 4.73. The van der Waals surface area contributed by atoms with Gasteiger partial charge in [-0.15, -0.1) is 0 Å². The number of unbranched alkanes of at least 4 members (excludes halogenated alkanes) is 1. The van der Waals surface area contributed by atoms with Crippen LogP contribution < -0.4 is 5.32 Å². The molecule has 6 nitrogen and oxygen atoms in total. The number of carbonyl (C=O) groups is 1. The number of ether oxygens (including phenoxy) is 1. The molecule has 136 valence electrons. The molecule has 1 aliphatic heterocycles. The van der Waals surface area contributed by atoms with E-state index in [0.29, 0.717) is 12.6 Å². The number of hydrogen-bond donors (Lipinski definition) is 2. The van der Waals surface area contributed by atoms with Crippen molar-refractivity contribution in [2.75, 3.05) is 26.2 Å². The van der Waals surface area contributed by atoms with Crippen LogP contribution in [-0.2, 0) is 11.2 Å². The van der Waals surface area contributed by atoms with Crippen LogP contribution >= 0.6 is 0 Å². The summed E-state index contributed by atoms with van der Waals surface area (Å²) >= 11 is 0. The second-order valence-corrected chi connectivity index (χ2v) is 6.57. The average molecular weight is 344 g/mol. The number of para-hydroxylation sites is 2. The summed E-state index contributed by atoms with van der Waals surface area (Å²) in [5, 5.41) is 3.62. The van der Waals surface area contributed by atoms with Crippen molar-refractivity contribution in [3.05, 3.63) is 30.1 Å². The van der Waals surface area contributed by atoms with E-state index in [2.05, 4.69) is 21.4 Å². The second kappa shape index (κ2) is 8.85. The van der Waals surface area contributed by atoms with Gasteiger partial charge in [-0.25, -0.2) is 9.78 Å². The number of fused-ring (bicyclic) bond motifs is 1. The third-order valence-corrected chi connectivity index (χ3v) is 4.73. The van der Waals surface area contributed by atoms with E-state index in [1.165, 1.54) is 0 Å². The molecule has 25 heavy (non-hydrogen) atoms. The molecule has 1 fully saturated rings. The first-order valence-corrected chi connectivity index (χ1v) is 9.35. The quantitative estimate of drug-likeness (QED) is 0.757. The standard InChI is InChI=1S/C19H28N4O2/c1-2-25-19(24)23-13-10-15(11-14-23)20-12-6-5-9-18-21-16-7-3-4-8-17(16)22-18/h3-4,7-8,15,20H,2,5-6,9-14H2,1H3,(H,21,22). The Hall–Kier alpha value is -2.08. The Morgan fingerprint density at radius 2 is 2.12 bits per heavy atom. The topological polar surface area (TPSA) is 70.2 Å². The lowest BCUT2D eigenvalue weighted by molar-refractivity contribution is 0.0951. The van der Waals surface area contributed by atoms with Crippen molar-refractivity contribution in [1.82, 2.24) is 20.2 Å². The predicted molar refractivity (Wildman–Crippen MR) is 98.7 cm³/mol. The molecule has 1 aliphatic rings. The van der Waals surface area contributed by atoms with E-state index in [9.17, 15) is 4.79 Å². The summed E-state index contributed by atoms with van der Waals surface area (Å²) in [4.78, 5) is 21.5. The highest BCUT2D eigenvalue weighted by Crippen LogP contribution is 2.13. The van der Waals surface area contributed by atoms with Crippen molar-refractivity contribution in [3.63, 3.8) is 0 Å². The summed E-state index contributed by atoms with van der Waals surface area (Å²) in [6.45, 7) is 4.88. The molecule has 0 aliphatic carbocycles. The Balaban J connectivity index is 1.30. The molecule has 6 heteroatoms. The lowest BCUT2D eigenvalue weighted by Gasteiger charge is -2.31. The van der Waals surface area contributed by atoms with Crippen LogP contribution in [-0.4, -0.2) is 53.2 Å². The third kappa shape index (κ3) is 4.95. The SMILES string of the molecule is CCOC(=O)N1CCC(NCCCCc2nc3ccccc3[nH]2)CC1. The van der Waals surface area contributed by atoms with Crippen LogP contribution in [0.3, 0.4) is 0 Å². The summed E-state index contributed by atoms with van der Waals surface area (Å²) in [6, 6.07) is 8.66. The number of carbonyl (C=O) groups excluding carboxylic acids is 1. The number of aromatic amines is 1. The van der Waals surface area contributed by atoms with Gasteiger partial charge in [0, 0.05) is 25.6 Å². The summed E-state index contributed by atoms with van der Waals surface area (Å²) < 4.78 is 5.05. The fourth-order valence-electron chi connectivity index (χ4n) is 3.33. The molecule has 1 aromatic carbocycles. The van der Waals surface area contributed by atoms with Crippen LogP contribution in [0.15, 0.2) is 24.3 Å². The number of aryl methyl sites for hydroxylation is 1. The summed E-state index contributed by atoms with van der Waals surface area (Å²) in [6.07, 6.45) is 5.07. The van der Waals surface area contributed by atoms with E-state index in [0.717, 1.165) is 68.6 Å². The zero-order chi connectivity index (χ0) is 17.5. The summed E-state index contributed by atoms with van der Waals surface area (Å²) in [5.41, 5.74) is 2.16. The minimum atomic E-state index is -0.174. The van der Waals surface area contributed by atoms with Crippen molar-refractivity contribution < 1.29 is 9.53 Å². The van der Waals surface area contributed by atoms with Gasteiger partial charge in [-0.1, -0.05) is 12.1 Å². The molecule has 1 saturated heterocycles. The molecule has 0 unspecified atom stereocenters. The molecule has 1 amide bonds. The monoisotopic (exact) mass is 344 g/mol. The van der Waals surface area contributed by atoms with Gasteiger partial charge in [0.1, 0.15) is 5.82 Å². The van der Waals surface area contributed by atoms with Crippen LogP contribution in [0.25, 0.3) is 11.0 Å². The Morgan fingerprint density at radius 1 is 1.32 bits per heavy atom. The van der Waals surface area contributed by atoms with Gasteiger partial charge in [-0.2, -0.15) is 0 Å². The maximum absolute atomic E-state index is 11.7. The van der Waals surface area contributed by atoms with E-state index in [-0.39, 0.29) is 6.09 Å². The molecular weight excluding hydrogens is 316 g/mol. The number of H-pyrrole nitrogens is 1. The van der Waals surface area contributed by atoms with Crippen molar-refractivity contribution in [3.8, 4) is 0 Å². The second-order valence-electron chi connectivity index (χ2n) is 6.57. The molecule has 0 bridgehead atoms. The Labute approximate surface area is 149 Å². The first kappa shape index (κ1) is 17.7. The van der Waals surface area contributed by atoms with Crippen LogP contribution in [0.4, 0.5) is 4.79 Å². The van der Waals surface area contributed by atoms with Gasteiger partial charge in [0.15, 0.2) is 0 Å². The molecule has 0 radical (unpaired) electrons. The number of piperidine rings is 1. The zero-order valence-corrected chi connectivity index (χ0v) is 15.0. The number of amides is 1. The van der Waals surface area contributed by atoms with E-state index in [1.54, 1.807) is 0 Å². The highest BCUT2D eigenvalue weighted by molar-refractivity contribution is 5.74. The van der Waals surface area contributed by atoms with E-state index in [4.69, 9.17) is 4.74 Å². The van der Waals surface area contributed by atoms with Crippen molar-refractivity contribution in [2.24, 2.45) is 0 Å². The van der Waals surface area contributed by atoms with E-state index < -0.39 is 0 Å². The van der Waals surface area contributed by atoms with Gasteiger partial charge in [0.2, 0.25) is 0 Å². The summed E-state index contributed by atoms with van der Waals surface area (Å²) in [7, 11) is 0. The minimum absolute atomic E-state index is 0.174. The molecule has 0 spiro atoms. The van der Waals surface area contributed by atoms with E-state index >= 15 is 0 Å². The molecule has 2 aromatic rings. The number of aromatic nitrogens is 2. The Bertz CT molecular complexity index is 644. The predicted octanol–water partition coefficient (Wildman–Crippen LogP) is 3.10. The van der Waals surface area contributed by atoms with Crippen LogP contribution in [0.2, 0.25) is 0 Å². The maximum Gasteiger partial charge on any atom is 0.409 e. The normalized spacial score (nSPS) is 15.6. The zero-order valence-electron chi connectivity index (χ0n) is 15.0. The maximum atomic E-state index is 11.7. The van der Waals surface area contributed by atoms with Crippen molar-refractivity contribution in [2.45, 2.75) is 45.1 Å². The van der Waals surface area contributed by atoms with Crippen LogP contribution in [0.5, 0.6) is 0 Å². The number of imidazole rings is 1. The van der Waals surface area contributed by atoms with Gasteiger partial charge < -0.3 is 19.9 Å². The lowest BCUT2D eigenvalue weighted by atomic mass is 10.1. The largest absolute Gasteiger partial charge is 0.450 e. The van der Waals surface area contributed by atoms with Crippen molar-refractivity contribution in [1.29, 1.82) is 0 Å². The van der Waals surface area contributed by atoms with Gasteiger partial charge >= 0.3 is 6.09 Å². The molecular formula is C19H28N4O2. The fraction of sp³-hybridized carbons (Fsp3) is 0.579. The molecule has 0 atom stereocenters. The molecule has 3 rings (SSSR count). The van der Waals surface area contributed by atoms with Gasteiger partial charge in [0.05, 0.1) is 17.6 Å². The number of benzene rings is 1. The van der Waals surface area contributed by atoms with E-state index in [1.807, 2.05) is 30.0 Å². The number of nitrogens with one attached hydrogen (secondary N) is 2.